The van der Waals surface area contributed by atoms with Crippen molar-refractivity contribution in [3.8, 4) is 11.8 Å². The van der Waals surface area contributed by atoms with E-state index in [9.17, 15) is 12.6 Å². The monoisotopic (exact) mass is 312 g/mol. The predicted octanol–water partition coefficient (Wildman–Crippen LogP) is -0.250. The maximum atomic E-state index is 12.5. The predicted molar refractivity (Wildman–Crippen MR) is 79.0 cm³/mol. The lowest BCUT2D eigenvalue weighted by Gasteiger charge is -2.25. The van der Waals surface area contributed by atoms with Gasteiger partial charge in [-0.25, -0.2) is 8.42 Å². The molecule has 1 aliphatic heterocycles. The molecule has 0 atom stereocenters. The first kappa shape index (κ1) is 15.2. The number of nitrogens with two attached hydrogens (primary N) is 1. The van der Waals surface area contributed by atoms with Gasteiger partial charge in [0.2, 0.25) is 10.0 Å². The van der Waals surface area contributed by atoms with Crippen LogP contribution in [0, 0.1) is 11.8 Å². The zero-order valence-electron chi connectivity index (χ0n) is 10.9. The van der Waals surface area contributed by atoms with Crippen molar-refractivity contribution in [1.29, 1.82) is 0 Å². The van der Waals surface area contributed by atoms with E-state index >= 15 is 0 Å². The fourth-order valence-corrected chi connectivity index (χ4v) is 4.67. The number of sulfonamides is 1. The van der Waals surface area contributed by atoms with Gasteiger partial charge in [-0.3, -0.25) is 4.21 Å². The summed E-state index contributed by atoms with van der Waals surface area (Å²) in [6.45, 7) is 0.830. The van der Waals surface area contributed by atoms with E-state index in [2.05, 4.69) is 11.8 Å². The fraction of sp³-hybridized carbons (Fsp3) is 0.385. The van der Waals surface area contributed by atoms with Crippen LogP contribution in [0.25, 0.3) is 0 Å². The summed E-state index contributed by atoms with van der Waals surface area (Å²) in [4.78, 5) is 0.217. The first-order chi connectivity index (χ1) is 9.54. The van der Waals surface area contributed by atoms with E-state index in [0.29, 0.717) is 30.2 Å². The molecule has 5 nitrogen and oxygen atoms in total. The van der Waals surface area contributed by atoms with Crippen molar-refractivity contribution in [2.75, 3.05) is 31.1 Å². The summed E-state index contributed by atoms with van der Waals surface area (Å²) in [5, 5.41) is 0. The highest BCUT2D eigenvalue weighted by Crippen LogP contribution is 2.18. The maximum Gasteiger partial charge on any atom is 0.243 e. The van der Waals surface area contributed by atoms with Crippen molar-refractivity contribution in [3.63, 3.8) is 0 Å². The largest absolute Gasteiger partial charge is 0.320 e. The topological polar surface area (TPSA) is 80.5 Å². The molecule has 0 spiro atoms. The zero-order valence-corrected chi connectivity index (χ0v) is 12.5. The molecule has 0 bridgehead atoms. The van der Waals surface area contributed by atoms with E-state index in [0.717, 1.165) is 0 Å². The molecule has 7 heteroatoms. The van der Waals surface area contributed by atoms with Crippen LogP contribution in [0.3, 0.4) is 0 Å². The van der Waals surface area contributed by atoms with Gasteiger partial charge in [0.25, 0.3) is 0 Å². The summed E-state index contributed by atoms with van der Waals surface area (Å²) in [5.41, 5.74) is 5.92. The normalized spacial score (nSPS) is 17.4. The second-order valence-electron chi connectivity index (χ2n) is 4.29. The molecule has 1 aromatic rings. The summed E-state index contributed by atoms with van der Waals surface area (Å²) >= 11 is 0. The Morgan fingerprint density at radius 3 is 2.65 bits per heavy atom. The number of hydrogen-bond acceptors (Lipinski definition) is 4. The third kappa shape index (κ3) is 3.46. The molecule has 0 amide bonds. The Balaban J connectivity index is 2.27. The molecular formula is C13H16N2O3S2. The molecule has 0 aliphatic carbocycles. The Kier molecular flexibility index (Phi) is 4.94. The maximum absolute atomic E-state index is 12.5. The van der Waals surface area contributed by atoms with Crippen molar-refractivity contribution in [1.82, 2.24) is 4.31 Å². The first-order valence-electron chi connectivity index (χ1n) is 6.18. The van der Waals surface area contributed by atoms with Crippen LogP contribution in [-0.4, -0.2) is 48.1 Å². The highest BCUT2D eigenvalue weighted by molar-refractivity contribution is 7.89. The van der Waals surface area contributed by atoms with Gasteiger partial charge in [-0.05, 0) is 18.2 Å². The van der Waals surface area contributed by atoms with E-state index in [-0.39, 0.29) is 11.4 Å². The Bertz CT molecular complexity index is 664. The summed E-state index contributed by atoms with van der Waals surface area (Å²) in [6.07, 6.45) is 0. The SMILES string of the molecule is NCC#Cc1cccc(S(=O)(=O)N2CCS(=O)CC2)c1. The Morgan fingerprint density at radius 2 is 2.00 bits per heavy atom. The molecular weight excluding hydrogens is 296 g/mol. The van der Waals surface area contributed by atoms with Crippen LogP contribution in [0.2, 0.25) is 0 Å². The Labute approximate surface area is 121 Å². The number of benzene rings is 1. The van der Waals surface area contributed by atoms with Crippen molar-refractivity contribution in [3.05, 3.63) is 29.8 Å². The van der Waals surface area contributed by atoms with E-state index in [1.54, 1.807) is 24.3 Å². The lowest BCUT2D eigenvalue weighted by atomic mass is 10.2. The minimum atomic E-state index is -3.53. The van der Waals surface area contributed by atoms with Gasteiger partial charge in [-0.15, -0.1) is 0 Å². The molecule has 1 fully saturated rings. The second-order valence-corrected chi connectivity index (χ2v) is 7.92. The molecule has 1 saturated heterocycles. The van der Waals surface area contributed by atoms with Crippen molar-refractivity contribution >= 4 is 20.8 Å². The van der Waals surface area contributed by atoms with Gasteiger partial charge in [0.1, 0.15) is 0 Å². The Hall–Kier alpha value is -1.20. The minimum absolute atomic E-state index is 0.217. The molecule has 108 valence electrons. The van der Waals surface area contributed by atoms with Crippen LogP contribution < -0.4 is 5.73 Å². The van der Waals surface area contributed by atoms with Crippen LogP contribution in [0.4, 0.5) is 0 Å². The zero-order chi connectivity index (χ0) is 14.6. The molecule has 0 saturated carbocycles. The van der Waals surface area contributed by atoms with Gasteiger partial charge in [-0.1, -0.05) is 17.9 Å². The van der Waals surface area contributed by atoms with Gasteiger partial charge < -0.3 is 5.73 Å². The molecule has 0 radical (unpaired) electrons. The molecule has 20 heavy (non-hydrogen) atoms. The summed E-state index contributed by atoms with van der Waals surface area (Å²) in [5.74, 6) is 6.31. The number of hydrogen-bond donors (Lipinski definition) is 1. The summed E-state index contributed by atoms with van der Waals surface area (Å²) < 4.78 is 37.6. The molecule has 1 aromatic carbocycles. The second kappa shape index (κ2) is 6.50. The third-order valence-corrected chi connectivity index (χ3v) is 6.11. The first-order valence-corrected chi connectivity index (χ1v) is 9.11. The van der Waals surface area contributed by atoms with Gasteiger partial charge >= 0.3 is 0 Å². The molecule has 1 aliphatic rings. The lowest BCUT2D eigenvalue weighted by molar-refractivity contribution is 0.438. The van der Waals surface area contributed by atoms with Gasteiger partial charge in [-0.2, -0.15) is 4.31 Å². The van der Waals surface area contributed by atoms with Gasteiger partial charge in [0, 0.05) is 41.0 Å². The smallest absolute Gasteiger partial charge is 0.243 e. The fourth-order valence-electron chi connectivity index (χ4n) is 1.90. The van der Waals surface area contributed by atoms with Crippen molar-refractivity contribution in [2.24, 2.45) is 5.73 Å². The minimum Gasteiger partial charge on any atom is -0.320 e. The Morgan fingerprint density at radius 1 is 1.30 bits per heavy atom. The average Bonchev–Trinajstić information content (AvgIpc) is 2.46. The van der Waals surface area contributed by atoms with Gasteiger partial charge in [0.15, 0.2) is 0 Å². The van der Waals surface area contributed by atoms with Crippen molar-refractivity contribution < 1.29 is 12.6 Å². The average molecular weight is 312 g/mol. The van der Waals surface area contributed by atoms with Crippen LogP contribution in [0.1, 0.15) is 5.56 Å². The third-order valence-electron chi connectivity index (χ3n) is 2.94. The lowest BCUT2D eigenvalue weighted by Crippen LogP contribution is -2.41. The highest BCUT2D eigenvalue weighted by atomic mass is 32.2. The molecule has 0 aromatic heterocycles. The van der Waals surface area contributed by atoms with Crippen LogP contribution in [0.5, 0.6) is 0 Å². The number of nitrogens with zero attached hydrogens (tertiary/aromatic N) is 1. The quantitative estimate of drug-likeness (QED) is 0.764. The van der Waals surface area contributed by atoms with Crippen LogP contribution >= 0.6 is 0 Å². The molecule has 2 N–H and O–H groups in total. The van der Waals surface area contributed by atoms with E-state index < -0.39 is 20.8 Å². The summed E-state index contributed by atoms with van der Waals surface area (Å²) in [6, 6.07) is 6.50. The van der Waals surface area contributed by atoms with E-state index in [1.807, 2.05) is 0 Å². The van der Waals surface area contributed by atoms with Gasteiger partial charge in [0.05, 0.1) is 11.4 Å². The van der Waals surface area contributed by atoms with Crippen LogP contribution in [-0.2, 0) is 20.8 Å². The summed E-state index contributed by atoms with van der Waals surface area (Å²) in [7, 11) is -4.44. The molecule has 1 heterocycles. The standard InChI is InChI=1S/C13H16N2O3S2/c14-6-2-4-12-3-1-5-13(11-12)20(17,18)15-7-9-19(16)10-8-15/h1,3,5,11H,6-10,14H2. The van der Waals surface area contributed by atoms with E-state index in [1.165, 1.54) is 4.31 Å². The van der Waals surface area contributed by atoms with Crippen molar-refractivity contribution in [2.45, 2.75) is 4.90 Å². The van der Waals surface area contributed by atoms with Crippen LogP contribution in [0.15, 0.2) is 29.2 Å². The highest BCUT2D eigenvalue weighted by Gasteiger charge is 2.27. The molecule has 2 rings (SSSR count). The molecule has 0 unspecified atom stereocenters. The number of rotatable bonds is 2. The van der Waals surface area contributed by atoms with E-state index in [4.69, 9.17) is 5.73 Å².